The molecule has 0 amide bonds. The molecular formula is C18H28O. The molecule has 1 aromatic rings. The largest absolute Gasteiger partial charge is 0.396 e. The molecule has 1 aromatic carbocycles. The van der Waals surface area contributed by atoms with E-state index in [1.54, 1.807) is 0 Å². The van der Waals surface area contributed by atoms with Crippen LogP contribution in [-0.2, 0) is 10.8 Å². The van der Waals surface area contributed by atoms with Crippen molar-refractivity contribution in [2.45, 2.75) is 64.2 Å². The first-order chi connectivity index (χ1) is 8.85. The third-order valence-corrected chi connectivity index (χ3v) is 4.89. The van der Waals surface area contributed by atoms with Crippen molar-refractivity contribution in [2.24, 2.45) is 5.92 Å². The molecular weight excluding hydrogens is 232 g/mol. The van der Waals surface area contributed by atoms with E-state index >= 15 is 0 Å². The van der Waals surface area contributed by atoms with Crippen LogP contribution in [0.4, 0.5) is 0 Å². The minimum Gasteiger partial charge on any atom is -0.396 e. The molecule has 1 aliphatic carbocycles. The molecule has 0 aromatic heterocycles. The fourth-order valence-corrected chi connectivity index (χ4v) is 3.15. The van der Waals surface area contributed by atoms with Gasteiger partial charge >= 0.3 is 0 Å². The zero-order valence-electron chi connectivity index (χ0n) is 12.9. The third kappa shape index (κ3) is 3.20. The lowest BCUT2D eigenvalue weighted by molar-refractivity contribution is 0.157. The summed E-state index contributed by atoms with van der Waals surface area (Å²) in [6, 6.07) is 9.14. The SMILES string of the molecule is CC(C)(C)c1cccc(C2(C)CCC(CO)CC2)c1. The van der Waals surface area contributed by atoms with Gasteiger partial charge < -0.3 is 5.11 Å². The van der Waals surface area contributed by atoms with Gasteiger partial charge in [-0.3, -0.25) is 0 Å². The van der Waals surface area contributed by atoms with Crippen molar-refractivity contribution in [3.05, 3.63) is 35.4 Å². The normalized spacial score (nSPS) is 28.4. The zero-order chi connectivity index (χ0) is 14.1. The van der Waals surface area contributed by atoms with Crippen molar-refractivity contribution in [1.82, 2.24) is 0 Å². The van der Waals surface area contributed by atoms with Gasteiger partial charge in [0.25, 0.3) is 0 Å². The van der Waals surface area contributed by atoms with Gasteiger partial charge in [-0.05, 0) is 53.6 Å². The molecule has 1 fully saturated rings. The second-order valence-electron chi connectivity index (χ2n) is 7.52. The standard InChI is InChI=1S/C18H28O/c1-17(2,3)15-6-5-7-16(12-15)18(4)10-8-14(13-19)9-11-18/h5-7,12,14,19H,8-11,13H2,1-4H3. The van der Waals surface area contributed by atoms with E-state index in [1.807, 2.05) is 0 Å². The molecule has 1 heteroatoms. The van der Waals surface area contributed by atoms with Gasteiger partial charge in [0.2, 0.25) is 0 Å². The summed E-state index contributed by atoms with van der Waals surface area (Å²) in [6.45, 7) is 9.58. The quantitative estimate of drug-likeness (QED) is 0.834. The molecule has 1 nitrogen and oxygen atoms in total. The number of hydrogen-bond donors (Lipinski definition) is 1. The Balaban J connectivity index is 2.22. The Morgan fingerprint density at radius 1 is 1.21 bits per heavy atom. The zero-order valence-corrected chi connectivity index (χ0v) is 12.9. The molecule has 1 aliphatic rings. The van der Waals surface area contributed by atoms with E-state index in [4.69, 9.17) is 0 Å². The summed E-state index contributed by atoms with van der Waals surface area (Å²) >= 11 is 0. The van der Waals surface area contributed by atoms with E-state index in [-0.39, 0.29) is 5.41 Å². The van der Waals surface area contributed by atoms with Gasteiger partial charge in [0.05, 0.1) is 0 Å². The van der Waals surface area contributed by atoms with E-state index in [0.717, 1.165) is 12.8 Å². The Bertz CT molecular complexity index is 420. The van der Waals surface area contributed by atoms with Gasteiger partial charge in [0, 0.05) is 6.61 Å². The lowest BCUT2D eigenvalue weighted by atomic mass is 9.67. The molecule has 0 unspecified atom stereocenters. The Kier molecular flexibility index (Phi) is 4.06. The van der Waals surface area contributed by atoms with Crippen molar-refractivity contribution in [2.75, 3.05) is 6.61 Å². The molecule has 1 saturated carbocycles. The Morgan fingerprint density at radius 3 is 2.37 bits per heavy atom. The van der Waals surface area contributed by atoms with Crippen LogP contribution in [-0.4, -0.2) is 11.7 Å². The second kappa shape index (κ2) is 5.28. The van der Waals surface area contributed by atoms with E-state index in [9.17, 15) is 5.11 Å². The fraction of sp³-hybridized carbons (Fsp3) is 0.667. The topological polar surface area (TPSA) is 20.2 Å². The first-order valence-electron chi connectivity index (χ1n) is 7.57. The molecule has 0 saturated heterocycles. The fourth-order valence-electron chi connectivity index (χ4n) is 3.15. The molecule has 0 aliphatic heterocycles. The number of aliphatic hydroxyl groups is 1. The number of benzene rings is 1. The van der Waals surface area contributed by atoms with Crippen molar-refractivity contribution < 1.29 is 5.11 Å². The van der Waals surface area contributed by atoms with Gasteiger partial charge in [0.1, 0.15) is 0 Å². The maximum atomic E-state index is 9.28. The average Bonchev–Trinajstić information content (AvgIpc) is 2.39. The molecule has 2 rings (SSSR count). The smallest absolute Gasteiger partial charge is 0.0459 e. The minimum absolute atomic E-state index is 0.217. The lowest BCUT2D eigenvalue weighted by Crippen LogP contribution is -2.30. The number of hydrogen-bond acceptors (Lipinski definition) is 1. The highest BCUT2D eigenvalue weighted by atomic mass is 16.3. The van der Waals surface area contributed by atoms with Gasteiger partial charge in [-0.2, -0.15) is 0 Å². The number of rotatable bonds is 2. The molecule has 0 spiro atoms. The van der Waals surface area contributed by atoms with Gasteiger partial charge in [-0.1, -0.05) is 52.0 Å². The summed E-state index contributed by atoms with van der Waals surface area (Å²) in [4.78, 5) is 0. The van der Waals surface area contributed by atoms with Crippen LogP contribution < -0.4 is 0 Å². The van der Waals surface area contributed by atoms with Crippen LogP contribution in [0.5, 0.6) is 0 Å². The van der Waals surface area contributed by atoms with Crippen molar-refractivity contribution >= 4 is 0 Å². The van der Waals surface area contributed by atoms with Gasteiger partial charge in [-0.25, -0.2) is 0 Å². The van der Waals surface area contributed by atoms with Crippen LogP contribution in [0.25, 0.3) is 0 Å². The summed E-state index contributed by atoms with van der Waals surface area (Å²) in [7, 11) is 0. The van der Waals surface area contributed by atoms with Crippen LogP contribution in [0.3, 0.4) is 0 Å². The summed E-state index contributed by atoms with van der Waals surface area (Å²) < 4.78 is 0. The Hall–Kier alpha value is -0.820. The van der Waals surface area contributed by atoms with E-state index in [1.165, 1.54) is 24.0 Å². The average molecular weight is 260 g/mol. The van der Waals surface area contributed by atoms with Crippen LogP contribution in [0.2, 0.25) is 0 Å². The first kappa shape index (κ1) is 14.6. The van der Waals surface area contributed by atoms with Crippen LogP contribution >= 0.6 is 0 Å². The molecule has 0 bridgehead atoms. The van der Waals surface area contributed by atoms with Crippen LogP contribution in [0, 0.1) is 5.92 Å². The predicted molar refractivity (Wildman–Crippen MR) is 81.5 cm³/mol. The summed E-state index contributed by atoms with van der Waals surface area (Å²) in [5.41, 5.74) is 3.42. The van der Waals surface area contributed by atoms with E-state index in [0.29, 0.717) is 17.9 Å². The van der Waals surface area contributed by atoms with Crippen molar-refractivity contribution in [3.63, 3.8) is 0 Å². The molecule has 19 heavy (non-hydrogen) atoms. The lowest BCUT2D eigenvalue weighted by Gasteiger charge is -2.38. The molecule has 0 heterocycles. The molecule has 0 radical (unpaired) electrons. The highest BCUT2D eigenvalue weighted by Gasteiger charge is 2.32. The van der Waals surface area contributed by atoms with Crippen molar-refractivity contribution in [3.8, 4) is 0 Å². The van der Waals surface area contributed by atoms with Crippen LogP contribution in [0.15, 0.2) is 24.3 Å². The van der Waals surface area contributed by atoms with Crippen molar-refractivity contribution in [1.29, 1.82) is 0 Å². The molecule has 1 N–H and O–H groups in total. The second-order valence-corrected chi connectivity index (χ2v) is 7.52. The Morgan fingerprint density at radius 2 is 1.84 bits per heavy atom. The van der Waals surface area contributed by atoms with Gasteiger partial charge in [0.15, 0.2) is 0 Å². The third-order valence-electron chi connectivity index (χ3n) is 4.89. The minimum atomic E-state index is 0.217. The summed E-state index contributed by atoms with van der Waals surface area (Å²) in [6.07, 6.45) is 4.72. The molecule has 106 valence electrons. The number of aliphatic hydroxyl groups excluding tert-OH is 1. The monoisotopic (exact) mass is 260 g/mol. The van der Waals surface area contributed by atoms with Gasteiger partial charge in [-0.15, -0.1) is 0 Å². The molecule has 0 atom stereocenters. The summed E-state index contributed by atoms with van der Waals surface area (Å²) in [5.74, 6) is 0.527. The Labute approximate surface area is 118 Å². The van der Waals surface area contributed by atoms with Crippen LogP contribution in [0.1, 0.15) is 64.5 Å². The highest BCUT2D eigenvalue weighted by molar-refractivity contribution is 5.33. The first-order valence-corrected chi connectivity index (χ1v) is 7.57. The summed E-state index contributed by atoms with van der Waals surface area (Å²) in [5, 5.41) is 9.28. The highest BCUT2D eigenvalue weighted by Crippen LogP contribution is 2.42. The van der Waals surface area contributed by atoms with E-state index in [2.05, 4.69) is 52.0 Å². The maximum Gasteiger partial charge on any atom is 0.0459 e. The van der Waals surface area contributed by atoms with E-state index < -0.39 is 0 Å². The maximum absolute atomic E-state index is 9.28. The predicted octanol–water partition coefficient (Wildman–Crippen LogP) is 4.42.